The molecule has 1 aromatic rings. The lowest BCUT2D eigenvalue weighted by molar-refractivity contribution is 0.552. The number of fused-ring (bicyclic) bond motifs is 2. The fourth-order valence-corrected chi connectivity index (χ4v) is 3.08. The molecule has 2 fully saturated rings. The molecule has 1 saturated carbocycles. The van der Waals surface area contributed by atoms with Gasteiger partial charge in [-0.1, -0.05) is 0 Å². The van der Waals surface area contributed by atoms with Gasteiger partial charge in [0.1, 0.15) is 0 Å². The van der Waals surface area contributed by atoms with Crippen molar-refractivity contribution in [1.82, 2.24) is 4.98 Å². The molecule has 80 valence electrons. The van der Waals surface area contributed by atoms with Crippen LogP contribution in [0.3, 0.4) is 0 Å². The van der Waals surface area contributed by atoms with Crippen LogP contribution in [0.5, 0.6) is 0 Å². The third-order valence-corrected chi connectivity index (χ3v) is 3.82. The second-order valence-corrected chi connectivity index (χ2v) is 4.69. The van der Waals surface area contributed by atoms with E-state index < -0.39 is 0 Å². The average molecular weight is 203 g/mol. The molecule has 3 heteroatoms. The molecule has 2 heterocycles. The maximum absolute atomic E-state index is 5.75. The predicted molar refractivity (Wildman–Crippen MR) is 60.6 cm³/mol. The Morgan fingerprint density at radius 1 is 1.47 bits per heavy atom. The summed E-state index contributed by atoms with van der Waals surface area (Å²) in [5.74, 6) is 0.925. The van der Waals surface area contributed by atoms with Gasteiger partial charge in [-0.2, -0.15) is 0 Å². The Hall–Kier alpha value is -1.09. The standard InChI is InChI=1S/C12H17N3/c13-6-10-7-14-4-3-12(10)15-8-9-1-2-11(15)5-9/h3-4,7,9,11H,1-2,5-6,8,13H2. The number of rotatable bonds is 2. The van der Waals surface area contributed by atoms with Gasteiger partial charge in [0.2, 0.25) is 0 Å². The van der Waals surface area contributed by atoms with Crippen LogP contribution in [0.2, 0.25) is 0 Å². The first-order valence-corrected chi connectivity index (χ1v) is 5.78. The van der Waals surface area contributed by atoms with Crippen LogP contribution in [0.15, 0.2) is 18.5 Å². The highest BCUT2D eigenvalue weighted by Crippen LogP contribution is 2.40. The highest BCUT2D eigenvalue weighted by Gasteiger charge is 2.38. The number of nitrogens with zero attached hydrogens (tertiary/aromatic N) is 2. The van der Waals surface area contributed by atoms with Crippen LogP contribution in [0, 0.1) is 5.92 Å². The highest BCUT2D eigenvalue weighted by molar-refractivity contribution is 5.54. The Morgan fingerprint density at radius 3 is 3.07 bits per heavy atom. The van der Waals surface area contributed by atoms with E-state index in [4.69, 9.17) is 5.73 Å². The Bertz CT molecular complexity index is 364. The third kappa shape index (κ3) is 1.42. The van der Waals surface area contributed by atoms with Crippen molar-refractivity contribution in [3.63, 3.8) is 0 Å². The fraction of sp³-hybridized carbons (Fsp3) is 0.583. The zero-order chi connectivity index (χ0) is 10.3. The van der Waals surface area contributed by atoms with Crippen LogP contribution in [0.25, 0.3) is 0 Å². The van der Waals surface area contributed by atoms with Crippen molar-refractivity contribution >= 4 is 5.69 Å². The predicted octanol–water partition coefficient (Wildman–Crippen LogP) is 1.53. The summed E-state index contributed by atoms with van der Waals surface area (Å²) in [6.45, 7) is 1.82. The molecule has 2 bridgehead atoms. The summed E-state index contributed by atoms with van der Waals surface area (Å²) >= 11 is 0. The number of hydrogen-bond acceptors (Lipinski definition) is 3. The van der Waals surface area contributed by atoms with Crippen molar-refractivity contribution in [2.75, 3.05) is 11.4 Å². The molecule has 0 amide bonds. The molecule has 2 atom stereocenters. The van der Waals surface area contributed by atoms with Crippen LogP contribution in [0.4, 0.5) is 5.69 Å². The van der Waals surface area contributed by atoms with E-state index in [9.17, 15) is 0 Å². The molecular formula is C12H17N3. The Morgan fingerprint density at radius 2 is 2.40 bits per heavy atom. The van der Waals surface area contributed by atoms with Gasteiger partial charge < -0.3 is 10.6 Å². The van der Waals surface area contributed by atoms with E-state index in [1.54, 1.807) is 0 Å². The number of nitrogens with two attached hydrogens (primary N) is 1. The number of aromatic nitrogens is 1. The van der Waals surface area contributed by atoms with E-state index in [2.05, 4.69) is 16.0 Å². The van der Waals surface area contributed by atoms with E-state index >= 15 is 0 Å². The Balaban J connectivity index is 1.92. The van der Waals surface area contributed by atoms with Gasteiger partial charge in [0, 0.05) is 42.8 Å². The van der Waals surface area contributed by atoms with Gasteiger partial charge in [0.15, 0.2) is 0 Å². The van der Waals surface area contributed by atoms with E-state index in [1.807, 2.05) is 12.4 Å². The Labute approximate surface area is 90.3 Å². The van der Waals surface area contributed by atoms with Gasteiger partial charge in [-0.15, -0.1) is 0 Å². The monoisotopic (exact) mass is 203 g/mol. The van der Waals surface area contributed by atoms with Crippen molar-refractivity contribution in [2.45, 2.75) is 31.8 Å². The van der Waals surface area contributed by atoms with E-state index in [0.717, 1.165) is 12.0 Å². The topological polar surface area (TPSA) is 42.1 Å². The number of pyridine rings is 1. The van der Waals surface area contributed by atoms with Crippen molar-refractivity contribution in [2.24, 2.45) is 11.7 Å². The summed E-state index contributed by atoms with van der Waals surface area (Å²) in [5, 5.41) is 0. The van der Waals surface area contributed by atoms with Crippen LogP contribution in [-0.4, -0.2) is 17.6 Å². The van der Waals surface area contributed by atoms with Crippen LogP contribution in [0.1, 0.15) is 24.8 Å². The normalized spacial score (nSPS) is 28.7. The smallest absolute Gasteiger partial charge is 0.0445 e. The fourth-order valence-electron chi connectivity index (χ4n) is 3.08. The van der Waals surface area contributed by atoms with Gasteiger partial charge in [-0.25, -0.2) is 0 Å². The molecule has 15 heavy (non-hydrogen) atoms. The third-order valence-electron chi connectivity index (χ3n) is 3.82. The largest absolute Gasteiger partial charge is 0.368 e. The molecule has 1 saturated heterocycles. The molecule has 1 aliphatic heterocycles. The van der Waals surface area contributed by atoms with Gasteiger partial charge in [-0.3, -0.25) is 4.98 Å². The zero-order valence-corrected chi connectivity index (χ0v) is 8.89. The summed E-state index contributed by atoms with van der Waals surface area (Å²) in [6.07, 6.45) is 7.94. The second-order valence-electron chi connectivity index (χ2n) is 4.69. The lowest BCUT2D eigenvalue weighted by Gasteiger charge is -2.30. The Kier molecular flexibility index (Phi) is 2.13. The van der Waals surface area contributed by atoms with Gasteiger partial charge >= 0.3 is 0 Å². The molecule has 0 aromatic carbocycles. The summed E-state index contributed by atoms with van der Waals surface area (Å²) in [5.41, 5.74) is 8.25. The zero-order valence-electron chi connectivity index (χ0n) is 8.89. The molecule has 2 unspecified atom stereocenters. The first-order chi connectivity index (χ1) is 7.38. The van der Waals surface area contributed by atoms with Crippen LogP contribution in [-0.2, 0) is 6.54 Å². The van der Waals surface area contributed by atoms with Crippen molar-refractivity contribution in [3.8, 4) is 0 Å². The molecule has 3 rings (SSSR count). The molecular weight excluding hydrogens is 186 g/mol. The summed E-state index contributed by atoms with van der Waals surface area (Å²) < 4.78 is 0. The maximum Gasteiger partial charge on any atom is 0.0445 e. The summed E-state index contributed by atoms with van der Waals surface area (Å²) in [4.78, 5) is 6.68. The molecule has 3 nitrogen and oxygen atoms in total. The first kappa shape index (κ1) is 9.16. The van der Waals surface area contributed by atoms with Gasteiger partial charge in [0.25, 0.3) is 0 Å². The first-order valence-electron chi connectivity index (χ1n) is 5.78. The molecule has 1 aliphatic carbocycles. The van der Waals surface area contributed by atoms with Crippen molar-refractivity contribution in [3.05, 3.63) is 24.0 Å². The maximum atomic E-state index is 5.75. The lowest BCUT2D eigenvalue weighted by atomic mass is 10.1. The molecule has 1 aromatic heterocycles. The molecule has 2 aliphatic rings. The highest BCUT2D eigenvalue weighted by atomic mass is 15.2. The van der Waals surface area contributed by atoms with E-state index in [1.165, 1.54) is 37.1 Å². The molecule has 0 spiro atoms. The molecule has 2 N–H and O–H groups in total. The van der Waals surface area contributed by atoms with E-state index in [0.29, 0.717) is 6.54 Å². The summed E-state index contributed by atoms with van der Waals surface area (Å²) in [6, 6.07) is 2.88. The van der Waals surface area contributed by atoms with Crippen molar-refractivity contribution < 1.29 is 0 Å². The van der Waals surface area contributed by atoms with Gasteiger partial charge in [-0.05, 0) is 31.2 Å². The minimum atomic E-state index is 0.594. The van der Waals surface area contributed by atoms with E-state index in [-0.39, 0.29) is 0 Å². The average Bonchev–Trinajstić information content (AvgIpc) is 2.90. The molecule has 0 radical (unpaired) electrons. The van der Waals surface area contributed by atoms with Crippen molar-refractivity contribution in [1.29, 1.82) is 0 Å². The minimum absolute atomic E-state index is 0.594. The number of hydrogen-bond donors (Lipinski definition) is 1. The SMILES string of the molecule is NCc1cnccc1N1CC2CCC1C2. The quantitative estimate of drug-likeness (QED) is 0.792. The lowest BCUT2D eigenvalue weighted by Crippen LogP contribution is -2.32. The summed E-state index contributed by atoms with van der Waals surface area (Å²) in [7, 11) is 0. The van der Waals surface area contributed by atoms with Gasteiger partial charge in [0.05, 0.1) is 0 Å². The minimum Gasteiger partial charge on any atom is -0.368 e. The number of anilines is 1. The van der Waals surface area contributed by atoms with Crippen LogP contribution >= 0.6 is 0 Å². The number of piperidine rings is 1. The van der Waals surface area contributed by atoms with Crippen LogP contribution < -0.4 is 10.6 Å². The second kappa shape index (κ2) is 3.49.